The first kappa shape index (κ1) is 25.8. The molecule has 202 valence electrons. The summed E-state index contributed by atoms with van der Waals surface area (Å²) in [6, 6.07) is 23.3. The number of benzene rings is 3. The number of nitrogens with one attached hydrogen (secondary N) is 2. The van der Waals surface area contributed by atoms with E-state index in [9.17, 15) is 9.59 Å². The van der Waals surface area contributed by atoms with Crippen LogP contribution in [0.5, 0.6) is 0 Å². The van der Waals surface area contributed by atoms with Gasteiger partial charge in [0.1, 0.15) is 12.6 Å². The molecular weight excluding hydrogens is 526 g/mol. The third kappa shape index (κ3) is 5.33. The highest BCUT2D eigenvalue weighted by molar-refractivity contribution is 6.30. The largest absolute Gasteiger partial charge is 0.361 e. The van der Waals surface area contributed by atoms with Crippen LogP contribution in [0, 0.1) is 0 Å². The van der Waals surface area contributed by atoms with Gasteiger partial charge >= 0.3 is 0 Å². The van der Waals surface area contributed by atoms with Crippen LogP contribution in [0.2, 0.25) is 5.02 Å². The molecule has 1 atom stereocenters. The summed E-state index contributed by atoms with van der Waals surface area (Å²) in [4.78, 5) is 34.2. The summed E-state index contributed by atoms with van der Waals surface area (Å²) in [7, 11) is 0. The average Bonchev–Trinajstić information content (AvgIpc) is 3.74. The molecule has 5 aromatic rings. The number of H-pyrrole nitrogens is 1. The maximum absolute atomic E-state index is 14.1. The predicted octanol–water partition coefficient (Wildman–Crippen LogP) is 5.31. The Morgan fingerprint density at radius 3 is 2.50 bits per heavy atom. The standard InChI is InChI=1S/C30H28ClN7O2/c31-21-16-14-20(15-17-21)29-34-36-37(35-29)19-27(39)38(23-10-2-1-3-11-23)28(30(40)33-22-8-4-5-9-22)25-18-32-26-13-7-6-12-24(25)26/h1-3,6-7,10-18,22,28,32H,4-5,8-9,19H2,(H,33,40)/t28-/m0/s1. The monoisotopic (exact) mass is 553 g/mol. The van der Waals surface area contributed by atoms with E-state index in [0.29, 0.717) is 16.5 Å². The molecule has 0 spiro atoms. The third-order valence-electron chi connectivity index (χ3n) is 7.26. The number of anilines is 1. The van der Waals surface area contributed by atoms with Gasteiger partial charge in [0.25, 0.3) is 5.91 Å². The van der Waals surface area contributed by atoms with E-state index in [1.54, 1.807) is 29.2 Å². The van der Waals surface area contributed by atoms with Crippen LogP contribution < -0.4 is 10.2 Å². The molecule has 1 fully saturated rings. The van der Waals surface area contributed by atoms with Crippen molar-refractivity contribution >= 4 is 40.0 Å². The summed E-state index contributed by atoms with van der Waals surface area (Å²) in [5.74, 6) is -0.187. The molecular formula is C30H28ClN7O2. The summed E-state index contributed by atoms with van der Waals surface area (Å²) < 4.78 is 0. The van der Waals surface area contributed by atoms with Crippen LogP contribution in [0.15, 0.2) is 85.1 Å². The molecule has 1 aliphatic rings. The van der Waals surface area contributed by atoms with Crippen molar-refractivity contribution in [2.75, 3.05) is 4.90 Å². The van der Waals surface area contributed by atoms with Crippen molar-refractivity contribution in [1.82, 2.24) is 30.5 Å². The number of hydrogen-bond acceptors (Lipinski definition) is 5. The molecule has 0 bridgehead atoms. The number of nitrogens with zero attached hydrogens (tertiary/aromatic N) is 5. The Kier molecular flexibility index (Phi) is 7.29. The minimum atomic E-state index is -0.911. The number of aromatic amines is 1. The summed E-state index contributed by atoms with van der Waals surface area (Å²) in [5, 5.41) is 17.4. The van der Waals surface area contributed by atoms with Gasteiger partial charge in [-0.05, 0) is 60.5 Å². The van der Waals surface area contributed by atoms with E-state index in [4.69, 9.17) is 11.6 Å². The number of tetrazole rings is 1. The Morgan fingerprint density at radius 1 is 1.00 bits per heavy atom. The Morgan fingerprint density at radius 2 is 1.73 bits per heavy atom. The van der Waals surface area contributed by atoms with Crippen LogP contribution in [0.1, 0.15) is 37.3 Å². The normalized spacial score (nSPS) is 14.3. The van der Waals surface area contributed by atoms with Crippen LogP contribution in [0.3, 0.4) is 0 Å². The number of para-hydroxylation sites is 2. The molecule has 0 saturated heterocycles. The summed E-state index contributed by atoms with van der Waals surface area (Å²) >= 11 is 6.01. The fourth-order valence-electron chi connectivity index (χ4n) is 5.32. The molecule has 2 amide bonds. The Labute approximate surface area is 236 Å². The second kappa shape index (κ2) is 11.3. The molecule has 10 heteroatoms. The van der Waals surface area contributed by atoms with Crippen LogP contribution >= 0.6 is 11.6 Å². The molecule has 3 aromatic carbocycles. The number of halogens is 1. The highest BCUT2D eigenvalue weighted by Gasteiger charge is 2.36. The predicted molar refractivity (Wildman–Crippen MR) is 154 cm³/mol. The molecule has 0 unspecified atom stereocenters. The second-order valence-corrected chi connectivity index (χ2v) is 10.4. The minimum absolute atomic E-state index is 0.0897. The first-order valence-electron chi connectivity index (χ1n) is 13.3. The van der Waals surface area contributed by atoms with Crippen molar-refractivity contribution in [3.05, 3.63) is 95.6 Å². The lowest BCUT2D eigenvalue weighted by Crippen LogP contribution is -2.47. The fourth-order valence-corrected chi connectivity index (χ4v) is 5.44. The number of hydrogen-bond donors (Lipinski definition) is 2. The van der Waals surface area contributed by atoms with Crippen molar-refractivity contribution in [1.29, 1.82) is 0 Å². The number of fused-ring (bicyclic) bond motifs is 1. The van der Waals surface area contributed by atoms with Crippen LogP contribution in [-0.2, 0) is 16.1 Å². The van der Waals surface area contributed by atoms with E-state index in [1.165, 1.54) is 4.80 Å². The molecule has 6 rings (SSSR count). The molecule has 2 heterocycles. The highest BCUT2D eigenvalue weighted by Crippen LogP contribution is 2.33. The lowest BCUT2D eigenvalue weighted by Gasteiger charge is -2.32. The van der Waals surface area contributed by atoms with E-state index < -0.39 is 6.04 Å². The van der Waals surface area contributed by atoms with Gasteiger partial charge in [-0.15, -0.1) is 10.2 Å². The van der Waals surface area contributed by atoms with Gasteiger partial charge in [0.15, 0.2) is 0 Å². The maximum atomic E-state index is 14.1. The molecule has 1 saturated carbocycles. The molecule has 9 nitrogen and oxygen atoms in total. The maximum Gasteiger partial charge on any atom is 0.251 e. The summed E-state index contributed by atoms with van der Waals surface area (Å²) in [5.41, 5.74) is 2.94. The Bertz CT molecular complexity index is 1620. The number of rotatable bonds is 8. The lowest BCUT2D eigenvalue weighted by atomic mass is 10.0. The van der Waals surface area contributed by atoms with E-state index >= 15 is 0 Å². The molecule has 40 heavy (non-hydrogen) atoms. The second-order valence-electron chi connectivity index (χ2n) is 9.93. The summed E-state index contributed by atoms with van der Waals surface area (Å²) in [6.45, 7) is -0.203. The van der Waals surface area contributed by atoms with Gasteiger partial charge in [-0.1, -0.05) is 60.8 Å². The first-order chi connectivity index (χ1) is 19.6. The van der Waals surface area contributed by atoms with Crippen LogP contribution in [0.25, 0.3) is 22.3 Å². The minimum Gasteiger partial charge on any atom is -0.361 e. The first-order valence-corrected chi connectivity index (χ1v) is 13.7. The van der Waals surface area contributed by atoms with Crippen molar-refractivity contribution < 1.29 is 9.59 Å². The van der Waals surface area contributed by atoms with Crippen molar-refractivity contribution in [2.45, 2.75) is 44.3 Å². The van der Waals surface area contributed by atoms with Gasteiger partial charge in [-0.3, -0.25) is 14.5 Å². The zero-order valence-electron chi connectivity index (χ0n) is 21.7. The Hall–Kier alpha value is -4.50. The van der Waals surface area contributed by atoms with E-state index in [-0.39, 0.29) is 24.4 Å². The van der Waals surface area contributed by atoms with Crippen molar-refractivity contribution in [3.63, 3.8) is 0 Å². The molecule has 2 aromatic heterocycles. The fraction of sp³-hybridized carbons (Fsp3) is 0.233. The molecule has 0 radical (unpaired) electrons. The average molecular weight is 554 g/mol. The van der Waals surface area contributed by atoms with Crippen molar-refractivity contribution in [2.24, 2.45) is 0 Å². The molecule has 1 aliphatic carbocycles. The molecule has 0 aliphatic heterocycles. The summed E-state index contributed by atoms with van der Waals surface area (Å²) in [6.07, 6.45) is 5.85. The zero-order valence-corrected chi connectivity index (χ0v) is 22.5. The van der Waals surface area contributed by atoms with E-state index in [0.717, 1.165) is 47.7 Å². The van der Waals surface area contributed by atoms with Gasteiger partial charge in [-0.25, -0.2) is 0 Å². The topological polar surface area (TPSA) is 109 Å². The van der Waals surface area contributed by atoms with Gasteiger partial charge < -0.3 is 10.3 Å². The van der Waals surface area contributed by atoms with Crippen LogP contribution in [0.4, 0.5) is 5.69 Å². The van der Waals surface area contributed by atoms with E-state index in [1.807, 2.05) is 60.8 Å². The molecule has 2 N–H and O–H groups in total. The number of carbonyl (C=O) groups is 2. The number of amides is 2. The van der Waals surface area contributed by atoms with Gasteiger partial charge in [-0.2, -0.15) is 4.80 Å². The number of aromatic nitrogens is 5. The van der Waals surface area contributed by atoms with Crippen LogP contribution in [-0.4, -0.2) is 43.0 Å². The third-order valence-corrected chi connectivity index (χ3v) is 7.51. The smallest absolute Gasteiger partial charge is 0.251 e. The van der Waals surface area contributed by atoms with Gasteiger partial charge in [0, 0.05) is 45.0 Å². The highest BCUT2D eigenvalue weighted by atomic mass is 35.5. The van der Waals surface area contributed by atoms with E-state index in [2.05, 4.69) is 25.7 Å². The zero-order chi connectivity index (χ0) is 27.5. The van der Waals surface area contributed by atoms with Gasteiger partial charge in [0.05, 0.1) is 0 Å². The van der Waals surface area contributed by atoms with Crippen molar-refractivity contribution in [3.8, 4) is 11.4 Å². The SMILES string of the molecule is O=C(NC1CCCC1)[C@H](c1c[nH]c2ccccc12)N(C(=O)Cn1nnc(-c2ccc(Cl)cc2)n1)c1ccccc1. The Balaban J connectivity index is 1.38. The number of carbonyl (C=O) groups excluding carboxylic acids is 2. The quantitative estimate of drug-likeness (QED) is 0.271. The lowest BCUT2D eigenvalue weighted by molar-refractivity contribution is -0.127. The van der Waals surface area contributed by atoms with Gasteiger partial charge in [0.2, 0.25) is 11.7 Å².